The first kappa shape index (κ1) is 18.2. The molecule has 2 rings (SSSR count). The molecular formula is C17H32N2O4+2. The molecule has 0 amide bonds. The Morgan fingerprint density at radius 3 is 1.70 bits per heavy atom. The molecule has 0 bridgehead atoms. The molecule has 2 aliphatic heterocycles. The average Bonchev–Trinajstić information content (AvgIpc) is 2.47. The van der Waals surface area contributed by atoms with Gasteiger partial charge < -0.3 is 19.3 Å². The van der Waals surface area contributed by atoms with E-state index in [1.165, 1.54) is 9.80 Å². The van der Waals surface area contributed by atoms with E-state index in [9.17, 15) is 9.59 Å². The fourth-order valence-corrected chi connectivity index (χ4v) is 3.52. The normalized spacial score (nSPS) is 31.4. The molecule has 0 radical (unpaired) electrons. The van der Waals surface area contributed by atoms with Crippen LogP contribution in [0.15, 0.2) is 0 Å². The van der Waals surface area contributed by atoms with Gasteiger partial charge in [-0.2, -0.15) is 0 Å². The minimum absolute atomic E-state index is 0.0453. The topological polar surface area (TPSA) is 61.5 Å². The van der Waals surface area contributed by atoms with E-state index in [0.29, 0.717) is 19.3 Å². The van der Waals surface area contributed by atoms with Crippen molar-refractivity contribution >= 4 is 11.9 Å². The molecule has 2 N–H and O–H groups in total. The molecule has 2 unspecified atom stereocenters. The van der Waals surface area contributed by atoms with Gasteiger partial charge in [0.25, 0.3) is 0 Å². The van der Waals surface area contributed by atoms with Gasteiger partial charge in [0.05, 0.1) is 27.2 Å². The number of likely N-dealkylation sites (N-methyl/N-ethyl adjacent to an activating group) is 2. The highest BCUT2D eigenvalue weighted by Gasteiger charge is 2.25. The van der Waals surface area contributed by atoms with Crippen molar-refractivity contribution in [2.75, 3.05) is 40.3 Å². The van der Waals surface area contributed by atoms with E-state index in [-0.39, 0.29) is 24.1 Å². The van der Waals surface area contributed by atoms with E-state index in [1.807, 2.05) is 0 Å². The third-order valence-corrected chi connectivity index (χ3v) is 4.77. The number of rotatable bonds is 6. The Labute approximate surface area is 139 Å². The molecule has 0 saturated carbocycles. The average molecular weight is 328 g/mol. The molecule has 0 aliphatic carbocycles. The molecule has 6 nitrogen and oxygen atoms in total. The zero-order chi connectivity index (χ0) is 16.7. The SMILES string of the molecule is C[NH+]1CCC[C@@H](OC(=O)CCCC(=O)O[C@H]2CCC[NH+](C)C2)C1. The van der Waals surface area contributed by atoms with Crippen LogP contribution >= 0.6 is 0 Å². The largest absolute Gasteiger partial charge is 0.456 e. The summed E-state index contributed by atoms with van der Waals surface area (Å²) in [6, 6.07) is 0. The number of carbonyl (C=O) groups excluding carboxylic acids is 2. The summed E-state index contributed by atoms with van der Waals surface area (Å²) in [6.45, 7) is 4.09. The molecule has 2 fully saturated rings. The summed E-state index contributed by atoms with van der Waals surface area (Å²) >= 11 is 0. The van der Waals surface area contributed by atoms with Crippen molar-refractivity contribution in [2.45, 2.75) is 57.2 Å². The lowest BCUT2D eigenvalue weighted by atomic mass is 10.1. The number of ether oxygens (including phenoxy) is 2. The monoisotopic (exact) mass is 328 g/mol. The molecule has 23 heavy (non-hydrogen) atoms. The van der Waals surface area contributed by atoms with Gasteiger partial charge in [-0.25, -0.2) is 0 Å². The summed E-state index contributed by atoms with van der Waals surface area (Å²) in [5, 5.41) is 0. The molecule has 2 heterocycles. The van der Waals surface area contributed by atoms with Crippen molar-refractivity contribution in [3.8, 4) is 0 Å². The van der Waals surface area contributed by atoms with E-state index >= 15 is 0 Å². The molecule has 0 spiro atoms. The minimum atomic E-state index is -0.181. The highest BCUT2D eigenvalue weighted by molar-refractivity contribution is 5.72. The third kappa shape index (κ3) is 6.87. The minimum Gasteiger partial charge on any atom is -0.456 e. The molecule has 132 valence electrons. The number of hydrogen-bond acceptors (Lipinski definition) is 4. The molecule has 0 aromatic rings. The Morgan fingerprint density at radius 2 is 1.30 bits per heavy atom. The van der Waals surface area contributed by atoms with Gasteiger partial charge in [0.1, 0.15) is 13.1 Å². The maximum atomic E-state index is 11.8. The van der Waals surface area contributed by atoms with Crippen molar-refractivity contribution in [1.82, 2.24) is 0 Å². The molecule has 4 atom stereocenters. The van der Waals surface area contributed by atoms with E-state index in [0.717, 1.165) is 51.9 Å². The van der Waals surface area contributed by atoms with Crippen LogP contribution < -0.4 is 9.80 Å². The van der Waals surface area contributed by atoms with Gasteiger partial charge in [-0.1, -0.05) is 0 Å². The van der Waals surface area contributed by atoms with Crippen LogP contribution in [0.4, 0.5) is 0 Å². The van der Waals surface area contributed by atoms with Gasteiger partial charge in [-0.15, -0.1) is 0 Å². The van der Waals surface area contributed by atoms with Crippen molar-refractivity contribution in [3.63, 3.8) is 0 Å². The number of nitrogens with one attached hydrogen (secondary N) is 2. The summed E-state index contributed by atoms with van der Waals surface area (Å²) in [5.41, 5.74) is 0. The highest BCUT2D eigenvalue weighted by atomic mass is 16.5. The molecule has 6 heteroatoms. The van der Waals surface area contributed by atoms with Gasteiger partial charge >= 0.3 is 11.9 Å². The predicted molar refractivity (Wildman–Crippen MR) is 85.3 cm³/mol. The van der Waals surface area contributed by atoms with E-state index in [1.54, 1.807) is 0 Å². The van der Waals surface area contributed by atoms with E-state index in [4.69, 9.17) is 9.47 Å². The Kier molecular flexibility index (Phi) is 7.30. The molecule has 0 aromatic carbocycles. The van der Waals surface area contributed by atoms with Gasteiger partial charge in [0, 0.05) is 25.7 Å². The second-order valence-electron chi connectivity index (χ2n) is 7.18. The molecule has 2 saturated heterocycles. The Bertz CT molecular complexity index is 366. The quantitative estimate of drug-likeness (QED) is 0.589. The van der Waals surface area contributed by atoms with E-state index in [2.05, 4.69) is 14.1 Å². The van der Waals surface area contributed by atoms with Gasteiger partial charge in [-0.05, 0) is 19.3 Å². The standard InChI is InChI=1S/C17H30N2O4/c1-18-10-4-6-14(12-18)22-16(20)8-3-9-17(21)23-15-7-5-11-19(2)13-15/h14-15H,3-13H2,1-2H3/p+2/t14-,15+. The third-order valence-electron chi connectivity index (χ3n) is 4.77. The maximum Gasteiger partial charge on any atom is 0.306 e. The lowest BCUT2D eigenvalue weighted by Gasteiger charge is -2.27. The summed E-state index contributed by atoms with van der Waals surface area (Å²) in [4.78, 5) is 26.5. The first-order valence-corrected chi connectivity index (χ1v) is 9.04. The second-order valence-corrected chi connectivity index (χ2v) is 7.18. The van der Waals surface area contributed by atoms with Crippen molar-refractivity contribution in [2.24, 2.45) is 0 Å². The molecular weight excluding hydrogens is 296 g/mol. The van der Waals surface area contributed by atoms with Gasteiger partial charge in [-0.3, -0.25) is 9.59 Å². The number of quaternary nitrogens is 2. The molecule has 0 aromatic heterocycles. The smallest absolute Gasteiger partial charge is 0.306 e. The number of carbonyl (C=O) groups is 2. The van der Waals surface area contributed by atoms with E-state index < -0.39 is 0 Å². The second kappa shape index (κ2) is 9.23. The fraction of sp³-hybridized carbons (Fsp3) is 0.882. The predicted octanol–water partition coefficient (Wildman–Crippen LogP) is -1.40. The van der Waals surface area contributed by atoms with Gasteiger partial charge in [0.2, 0.25) is 0 Å². The summed E-state index contributed by atoms with van der Waals surface area (Å²) < 4.78 is 11.0. The lowest BCUT2D eigenvalue weighted by Crippen LogP contribution is -3.11. The van der Waals surface area contributed by atoms with Crippen LogP contribution in [0.2, 0.25) is 0 Å². The Balaban J connectivity index is 1.56. The summed E-state index contributed by atoms with van der Waals surface area (Å²) in [5.74, 6) is -0.362. The number of esters is 2. The highest BCUT2D eigenvalue weighted by Crippen LogP contribution is 2.09. The van der Waals surface area contributed by atoms with Crippen LogP contribution in [-0.4, -0.2) is 64.4 Å². The summed E-state index contributed by atoms with van der Waals surface area (Å²) in [7, 11) is 4.25. The molecule has 2 aliphatic rings. The number of hydrogen-bond donors (Lipinski definition) is 2. The summed E-state index contributed by atoms with van der Waals surface area (Å²) in [6.07, 6.45) is 5.35. The van der Waals surface area contributed by atoms with Crippen LogP contribution in [0, 0.1) is 0 Å². The zero-order valence-corrected chi connectivity index (χ0v) is 14.6. The van der Waals surface area contributed by atoms with Crippen LogP contribution in [0.1, 0.15) is 44.9 Å². The van der Waals surface area contributed by atoms with Crippen molar-refractivity contribution < 1.29 is 28.9 Å². The lowest BCUT2D eigenvalue weighted by molar-refractivity contribution is -0.888. The first-order chi connectivity index (χ1) is 11.0. The van der Waals surface area contributed by atoms with Crippen LogP contribution in [0.25, 0.3) is 0 Å². The van der Waals surface area contributed by atoms with Crippen molar-refractivity contribution in [1.29, 1.82) is 0 Å². The Hall–Kier alpha value is -1.14. The van der Waals surface area contributed by atoms with Gasteiger partial charge in [0.15, 0.2) is 12.2 Å². The van der Waals surface area contributed by atoms with Crippen molar-refractivity contribution in [3.05, 3.63) is 0 Å². The van der Waals surface area contributed by atoms with Crippen LogP contribution in [-0.2, 0) is 19.1 Å². The van der Waals surface area contributed by atoms with Crippen LogP contribution in [0.3, 0.4) is 0 Å². The Morgan fingerprint density at radius 1 is 0.870 bits per heavy atom. The fourth-order valence-electron chi connectivity index (χ4n) is 3.52. The van der Waals surface area contributed by atoms with Crippen LogP contribution in [0.5, 0.6) is 0 Å². The maximum absolute atomic E-state index is 11.8. The number of likely N-dealkylation sites (tertiary alicyclic amines) is 2. The zero-order valence-electron chi connectivity index (χ0n) is 14.6. The first-order valence-electron chi connectivity index (χ1n) is 9.04. The number of piperidine rings is 2.